The lowest BCUT2D eigenvalue weighted by Crippen LogP contribution is -2.26. The van der Waals surface area contributed by atoms with Gasteiger partial charge in [-0.05, 0) is 6.92 Å². The minimum absolute atomic E-state index is 0.255. The average Bonchev–Trinajstić information content (AvgIpc) is 2.58. The molecule has 0 aliphatic rings. The Hall–Kier alpha value is -1.08. The first-order valence-electron chi connectivity index (χ1n) is 4.40. The zero-order valence-electron chi connectivity index (χ0n) is 8.47. The fourth-order valence-electron chi connectivity index (χ4n) is 0.876. The third kappa shape index (κ3) is 3.88. The van der Waals surface area contributed by atoms with Gasteiger partial charge in [0.25, 0.3) is 5.22 Å². The van der Waals surface area contributed by atoms with Crippen LogP contribution in [0.25, 0.3) is 0 Å². The van der Waals surface area contributed by atoms with E-state index in [1.807, 2.05) is 0 Å². The topological polar surface area (TPSA) is 85.5 Å². The van der Waals surface area contributed by atoms with Crippen LogP contribution in [0.2, 0.25) is 0 Å². The van der Waals surface area contributed by atoms with E-state index in [9.17, 15) is 4.79 Å². The van der Waals surface area contributed by atoms with Crippen LogP contribution >= 0.6 is 11.8 Å². The third-order valence-corrected chi connectivity index (χ3v) is 2.39. The maximum Gasteiger partial charge on any atom is 0.333 e. The molecule has 0 aliphatic heterocycles. The lowest BCUT2D eigenvalue weighted by atomic mass is 10.4. The van der Waals surface area contributed by atoms with E-state index in [-0.39, 0.29) is 5.75 Å². The number of carboxylic acid groups (broad SMARTS) is 1. The van der Waals surface area contributed by atoms with E-state index < -0.39 is 12.1 Å². The second-order valence-electron chi connectivity index (χ2n) is 2.68. The van der Waals surface area contributed by atoms with Gasteiger partial charge in [-0.25, -0.2) is 4.79 Å². The van der Waals surface area contributed by atoms with Crippen molar-refractivity contribution in [3.05, 3.63) is 5.89 Å². The number of nitrogens with zero attached hydrogens (tertiary/aromatic N) is 2. The molecule has 0 spiro atoms. The summed E-state index contributed by atoms with van der Waals surface area (Å²) in [5.41, 5.74) is 0. The molecular weight excluding hydrogens is 220 g/mol. The maximum absolute atomic E-state index is 10.7. The highest BCUT2D eigenvalue weighted by Crippen LogP contribution is 2.17. The van der Waals surface area contributed by atoms with Crippen molar-refractivity contribution in [1.82, 2.24) is 10.2 Å². The zero-order valence-corrected chi connectivity index (χ0v) is 9.28. The van der Waals surface area contributed by atoms with Crippen molar-refractivity contribution < 1.29 is 19.1 Å². The molecule has 1 aromatic heterocycles. The quantitative estimate of drug-likeness (QED) is 0.731. The van der Waals surface area contributed by atoms with Crippen LogP contribution in [0.3, 0.4) is 0 Å². The Morgan fingerprint density at radius 3 is 2.87 bits per heavy atom. The fraction of sp³-hybridized carbons (Fsp3) is 0.625. The van der Waals surface area contributed by atoms with Crippen molar-refractivity contribution in [2.75, 3.05) is 12.4 Å². The van der Waals surface area contributed by atoms with Crippen LogP contribution in [0.4, 0.5) is 0 Å². The summed E-state index contributed by atoms with van der Waals surface area (Å²) in [4.78, 5) is 10.7. The number of carboxylic acids is 1. The van der Waals surface area contributed by atoms with Crippen LogP contribution in [-0.4, -0.2) is 39.7 Å². The van der Waals surface area contributed by atoms with Gasteiger partial charge in [0, 0.05) is 19.3 Å². The normalized spacial score (nSPS) is 12.7. The van der Waals surface area contributed by atoms with Crippen molar-refractivity contribution in [3.63, 3.8) is 0 Å². The summed E-state index contributed by atoms with van der Waals surface area (Å²) in [6, 6.07) is 0. The molecule has 0 aliphatic carbocycles. The molecule has 0 bridgehead atoms. The first-order valence-corrected chi connectivity index (χ1v) is 5.39. The largest absolute Gasteiger partial charge is 0.479 e. The Kier molecular flexibility index (Phi) is 4.57. The highest BCUT2D eigenvalue weighted by atomic mass is 32.2. The van der Waals surface area contributed by atoms with E-state index in [4.69, 9.17) is 14.3 Å². The van der Waals surface area contributed by atoms with E-state index in [1.54, 1.807) is 13.8 Å². The fourth-order valence-corrected chi connectivity index (χ4v) is 1.69. The van der Waals surface area contributed by atoms with Gasteiger partial charge in [-0.15, -0.1) is 10.2 Å². The van der Waals surface area contributed by atoms with Gasteiger partial charge in [-0.2, -0.15) is 0 Å². The van der Waals surface area contributed by atoms with Crippen molar-refractivity contribution in [2.45, 2.75) is 25.2 Å². The first kappa shape index (κ1) is 12.0. The summed E-state index contributed by atoms with van der Waals surface area (Å²) in [6.45, 7) is 3.78. The summed E-state index contributed by atoms with van der Waals surface area (Å²) in [5, 5.41) is 16.5. The van der Waals surface area contributed by atoms with E-state index in [0.717, 1.165) is 0 Å². The monoisotopic (exact) mass is 232 g/mol. The summed E-state index contributed by atoms with van der Waals surface area (Å²) in [6.07, 6.45) is -0.841. The van der Waals surface area contributed by atoms with Gasteiger partial charge in [-0.3, -0.25) is 0 Å². The standard InChI is InChI=1S/C8H12N2O4S/c1-3-13-6(7(11)12)4-15-8-10-9-5(2)14-8/h6H,3-4H2,1-2H3,(H,11,12). The van der Waals surface area contributed by atoms with E-state index in [1.165, 1.54) is 11.8 Å². The molecule has 0 aromatic carbocycles. The van der Waals surface area contributed by atoms with E-state index in [0.29, 0.717) is 17.7 Å². The molecular formula is C8H12N2O4S. The number of aryl methyl sites for hydroxylation is 1. The minimum atomic E-state index is -0.986. The Morgan fingerprint density at radius 2 is 2.40 bits per heavy atom. The summed E-state index contributed by atoms with van der Waals surface area (Å²) in [5.74, 6) is -0.272. The summed E-state index contributed by atoms with van der Waals surface area (Å²) in [7, 11) is 0. The molecule has 84 valence electrons. The Bertz CT molecular complexity index is 328. The molecule has 1 heterocycles. The zero-order chi connectivity index (χ0) is 11.3. The van der Waals surface area contributed by atoms with Crippen molar-refractivity contribution in [3.8, 4) is 0 Å². The number of hydrogen-bond acceptors (Lipinski definition) is 6. The van der Waals surface area contributed by atoms with Crippen LogP contribution < -0.4 is 0 Å². The minimum Gasteiger partial charge on any atom is -0.479 e. The molecule has 1 unspecified atom stereocenters. The maximum atomic E-state index is 10.7. The Labute approximate surface area is 91.0 Å². The molecule has 0 saturated heterocycles. The van der Waals surface area contributed by atoms with Gasteiger partial charge in [0.05, 0.1) is 0 Å². The molecule has 1 aromatic rings. The first-order chi connectivity index (χ1) is 7.13. The van der Waals surface area contributed by atoms with Crippen LogP contribution in [0, 0.1) is 6.92 Å². The molecule has 0 saturated carbocycles. The van der Waals surface area contributed by atoms with Crippen LogP contribution in [0.5, 0.6) is 0 Å². The van der Waals surface area contributed by atoms with Crippen LogP contribution in [0.15, 0.2) is 9.64 Å². The second-order valence-corrected chi connectivity index (χ2v) is 3.65. The Morgan fingerprint density at radius 1 is 1.67 bits per heavy atom. The molecule has 15 heavy (non-hydrogen) atoms. The molecule has 0 amide bonds. The van der Waals surface area contributed by atoms with Crippen molar-refractivity contribution in [2.24, 2.45) is 0 Å². The molecule has 1 atom stereocenters. The average molecular weight is 232 g/mol. The third-order valence-electron chi connectivity index (χ3n) is 1.51. The van der Waals surface area contributed by atoms with E-state index >= 15 is 0 Å². The van der Waals surface area contributed by atoms with Crippen molar-refractivity contribution in [1.29, 1.82) is 0 Å². The van der Waals surface area contributed by atoms with Crippen LogP contribution in [-0.2, 0) is 9.53 Å². The number of aliphatic carboxylic acids is 1. The van der Waals surface area contributed by atoms with Gasteiger partial charge in [0.2, 0.25) is 5.89 Å². The smallest absolute Gasteiger partial charge is 0.333 e. The van der Waals surface area contributed by atoms with Gasteiger partial charge in [-0.1, -0.05) is 11.8 Å². The number of aromatic nitrogens is 2. The number of rotatable bonds is 6. The molecule has 0 radical (unpaired) electrons. The highest BCUT2D eigenvalue weighted by molar-refractivity contribution is 7.99. The van der Waals surface area contributed by atoms with Gasteiger partial charge < -0.3 is 14.3 Å². The van der Waals surface area contributed by atoms with Gasteiger partial charge >= 0.3 is 5.97 Å². The Balaban J connectivity index is 2.43. The van der Waals surface area contributed by atoms with Gasteiger partial charge in [0.1, 0.15) is 0 Å². The second kappa shape index (κ2) is 5.72. The molecule has 0 fully saturated rings. The molecule has 1 N–H and O–H groups in total. The number of hydrogen-bond donors (Lipinski definition) is 1. The summed E-state index contributed by atoms with van der Waals surface area (Å²) < 4.78 is 10.1. The lowest BCUT2D eigenvalue weighted by Gasteiger charge is -2.09. The predicted molar refractivity (Wildman–Crippen MR) is 52.8 cm³/mol. The lowest BCUT2D eigenvalue weighted by molar-refractivity contribution is -0.148. The van der Waals surface area contributed by atoms with Crippen molar-refractivity contribution >= 4 is 17.7 Å². The van der Waals surface area contributed by atoms with E-state index in [2.05, 4.69) is 10.2 Å². The number of ether oxygens (including phenoxy) is 1. The SMILES string of the molecule is CCOC(CSc1nnc(C)o1)C(=O)O. The highest BCUT2D eigenvalue weighted by Gasteiger charge is 2.19. The predicted octanol–water partition coefficient (Wildman–Crippen LogP) is 0.960. The molecule has 6 nitrogen and oxygen atoms in total. The number of thioether (sulfide) groups is 1. The molecule has 7 heteroatoms. The molecule has 1 rings (SSSR count). The van der Waals surface area contributed by atoms with Gasteiger partial charge in [0.15, 0.2) is 6.10 Å². The summed E-state index contributed by atoms with van der Waals surface area (Å²) >= 11 is 1.17. The van der Waals surface area contributed by atoms with Crippen LogP contribution in [0.1, 0.15) is 12.8 Å². The number of carbonyl (C=O) groups is 1.